The molecule has 8 heteroatoms. The van der Waals surface area contributed by atoms with Gasteiger partial charge in [0.05, 0.1) is 5.69 Å². The molecule has 0 atom stereocenters. The largest absolute Gasteiger partial charge is 0.435 e. The number of carbonyl (C=O) groups is 1. The normalized spacial score (nSPS) is 17.1. The molecule has 2 aliphatic rings. The molecule has 1 aromatic carbocycles. The highest BCUT2D eigenvalue weighted by Gasteiger charge is 2.39. The summed E-state index contributed by atoms with van der Waals surface area (Å²) in [5, 5.41) is 6.71. The smallest absolute Gasteiger partial charge is 0.325 e. The van der Waals surface area contributed by atoms with E-state index in [2.05, 4.69) is 10.4 Å². The van der Waals surface area contributed by atoms with Crippen molar-refractivity contribution in [1.29, 1.82) is 0 Å². The number of aromatic nitrogens is 2. The summed E-state index contributed by atoms with van der Waals surface area (Å²) in [6.45, 7) is 1.51. The molecule has 0 saturated carbocycles. The number of hydrogen-bond acceptors (Lipinski definition) is 2. The van der Waals surface area contributed by atoms with Crippen molar-refractivity contribution < 1.29 is 18.0 Å². The first-order chi connectivity index (χ1) is 12.9. The first-order valence-electron chi connectivity index (χ1n) is 9.28. The third-order valence-corrected chi connectivity index (χ3v) is 5.21. The van der Waals surface area contributed by atoms with Crippen LogP contribution in [0.1, 0.15) is 42.6 Å². The molecular weight excluding hydrogens is 357 g/mol. The molecule has 0 spiro atoms. The first kappa shape index (κ1) is 17.9. The Hall–Kier alpha value is -2.51. The molecule has 1 fully saturated rings. The molecule has 27 heavy (non-hydrogen) atoms. The van der Waals surface area contributed by atoms with Gasteiger partial charge in [-0.2, -0.15) is 18.3 Å². The zero-order chi connectivity index (χ0) is 19.0. The highest BCUT2D eigenvalue weighted by atomic mass is 19.4. The van der Waals surface area contributed by atoms with Crippen molar-refractivity contribution in [3.8, 4) is 5.69 Å². The minimum Gasteiger partial charge on any atom is -0.325 e. The Morgan fingerprint density at radius 2 is 1.67 bits per heavy atom. The Morgan fingerprint density at radius 3 is 2.33 bits per heavy atom. The maximum atomic E-state index is 13.3. The van der Waals surface area contributed by atoms with Gasteiger partial charge in [0.1, 0.15) is 0 Å². The molecule has 4 rings (SSSR count). The number of likely N-dealkylation sites (tertiary alicyclic amines) is 1. The quantitative estimate of drug-likeness (QED) is 0.842. The number of fused-ring (bicyclic) bond motifs is 1. The van der Waals surface area contributed by atoms with Gasteiger partial charge in [-0.25, -0.2) is 9.48 Å². The summed E-state index contributed by atoms with van der Waals surface area (Å²) in [5.41, 5.74) is 1.38. The minimum atomic E-state index is -4.45. The van der Waals surface area contributed by atoms with Crippen LogP contribution < -0.4 is 5.32 Å². The maximum Gasteiger partial charge on any atom is 0.435 e. The summed E-state index contributed by atoms with van der Waals surface area (Å²) < 4.78 is 41.4. The Morgan fingerprint density at radius 1 is 1.00 bits per heavy atom. The van der Waals surface area contributed by atoms with Gasteiger partial charge in [0.15, 0.2) is 5.69 Å². The predicted molar refractivity (Wildman–Crippen MR) is 95.0 cm³/mol. The van der Waals surface area contributed by atoms with E-state index < -0.39 is 11.9 Å². The van der Waals surface area contributed by atoms with Gasteiger partial charge < -0.3 is 10.2 Å². The average molecular weight is 378 g/mol. The Balaban J connectivity index is 1.59. The van der Waals surface area contributed by atoms with E-state index in [1.165, 1.54) is 4.68 Å². The van der Waals surface area contributed by atoms with E-state index in [-0.39, 0.29) is 6.03 Å². The molecule has 1 aliphatic heterocycles. The number of alkyl halides is 3. The van der Waals surface area contributed by atoms with Crippen LogP contribution >= 0.6 is 0 Å². The minimum absolute atomic E-state index is 0.143. The lowest BCUT2D eigenvalue weighted by Gasteiger charge is -2.17. The number of anilines is 1. The first-order valence-corrected chi connectivity index (χ1v) is 9.28. The number of benzene rings is 1. The van der Waals surface area contributed by atoms with E-state index in [1.807, 2.05) is 0 Å². The van der Waals surface area contributed by atoms with Gasteiger partial charge >= 0.3 is 12.2 Å². The molecule has 0 bridgehead atoms. The number of nitrogens with one attached hydrogen (secondary N) is 1. The lowest BCUT2D eigenvalue weighted by molar-refractivity contribution is -0.142. The molecule has 144 valence electrons. The van der Waals surface area contributed by atoms with E-state index in [0.29, 0.717) is 35.5 Å². The van der Waals surface area contributed by atoms with Crippen LogP contribution in [0, 0.1) is 0 Å². The molecule has 2 aromatic rings. The van der Waals surface area contributed by atoms with Crippen LogP contribution in [0.15, 0.2) is 24.3 Å². The fraction of sp³-hybridized carbons (Fsp3) is 0.474. The van der Waals surface area contributed by atoms with E-state index in [0.717, 1.165) is 38.8 Å². The summed E-state index contributed by atoms with van der Waals surface area (Å²) >= 11 is 0. The monoisotopic (exact) mass is 378 g/mol. The summed E-state index contributed by atoms with van der Waals surface area (Å²) in [5.74, 6) is 0. The fourth-order valence-corrected chi connectivity index (χ4v) is 3.85. The second-order valence-corrected chi connectivity index (χ2v) is 7.06. The highest BCUT2D eigenvalue weighted by Crippen LogP contribution is 2.36. The van der Waals surface area contributed by atoms with Crippen molar-refractivity contribution in [3.63, 3.8) is 0 Å². The molecule has 1 aromatic heterocycles. The number of carbonyl (C=O) groups excluding carboxylic acids is 1. The highest BCUT2D eigenvalue weighted by molar-refractivity contribution is 5.89. The number of rotatable bonds is 2. The fourth-order valence-electron chi connectivity index (χ4n) is 3.85. The van der Waals surface area contributed by atoms with Gasteiger partial charge in [0.2, 0.25) is 0 Å². The van der Waals surface area contributed by atoms with Crippen molar-refractivity contribution in [2.75, 3.05) is 18.4 Å². The molecule has 0 unspecified atom stereocenters. The van der Waals surface area contributed by atoms with E-state index >= 15 is 0 Å². The second kappa shape index (κ2) is 6.90. The lowest BCUT2D eigenvalue weighted by Crippen LogP contribution is -2.32. The van der Waals surface area contributed by atoms with E-state index in [9.17, 15) is 18.0 Å². The van der Waals surface area contributed by atoms with E-state index in [1.54, 1.807) is 29.2 Å². The Labute approximate surface area is 155 Å². The van der Waals surface area contributed by atoms with Crippen LogP contribution in [0.5, 0.6) is 0 Å². The molecule has 5 nitrogen and oxygen atoms in total. The second-order valence-electron chi connectivity index (χ2n) is 7.06. The molecule has 0 radical (unpaired) electrons. The van der Waals surface area contributed by atoms with Crippen LogP contribution in [-0.2, 0) is 19.0 Å². The van der Waals surface area contributed by atoms with Crippen molar-refractivity contribution in [2.24, 2.45) is 0 Å². The zero-order valence-electron chi connectivity index (χ0n) is 14.9. The summed E-state index contributed by atoms with van der Waals surface area (Å²) in [4.78, 5) is 13.9. The Kier molecular flexibility index (Phi) is 4.57. The van der Waals surface area contributed by atoms with Gasteiger partial charge in [-0.3, -0.25) is 0 Å². The standard InChI is InChI=1S/C19H21F3N4O/c20-19(21,22)17-15-5-1-2-6-16(15)26(24-17)14-9-7-13(8-10-14)23-18(27)25-11-3-4-12-25/h7-10H,1-6,11-12H2,(H,23,27). The lowest BCUT2D eigenvalue weighted by atomic mass is 9.95. The molecule has 2 amide bonds. The number of hydrogen-bond donors (Lipinski definition) is 1. The number of nitrogens with zero attached hydrogens (tertiary/aromatic N) is 3. The van der Waals surface area contributed by atoms with Crippen molar-refractivity contribution >= 4 is 11.7 Å². The molecule has 1 aliphatic carbocycles. The van der Waals surface area contributed by atoms with Gasteiger partial charge in [-0.1, -0.05) is 0 Å². The average Bonchev–Trinajstić information content (AvgIpc) is 3.30. The molecular formula is C19H21F3N4O. The molecule has 2 heterocycles. The van der Waals surface area contributed by atoms with Gasteiger partial charge in [0.25, 0.3) is 0 Å². The predicted octanol–water partition coefficient (Wildman–Crippen LogP) is 4.40. The third-order valence-electron chi connectivity index (χ3n) is 5.21. The van der Waals surface area contributed by atoms with Crippen molar-refractivity contribution in [1.82, 2.24) is 14.7 Å². The SMILES string of the molecule is O=C(Nc1ccc(-n2nc(C(F)(F)F)c3c2CCCC3)cc1)N1CCCC1. The van der Waals surface area contributed by atoms with Crippen LogP contribution in [0.4, 0.5) is 23.7 Å². The Bertz CT molecular complexity index is 836. The maximum absolute atomic E-state index is 13.3. The van der Waals surface area contributed by atoms with E-state index in [4.69, 9.17) is 0 Å². The van der Waals surface area contributed by atoms with Gasteiger partial charge in [-0.05, 0) is 62.8 Å². The van der Waals surface area contributed by atoms with Crippen molar-refractivity contribution in [3.05, 3.63) is 41.2 Å². The van der Waals surface area contributed by atoms with Gasteiger partial charge in [0, 0.05) is 30.0 Å². The zero-order valence-corrected chi connectivity index (χ0v) is 14.9. The summed E-state index contributed by atoms with van der Waals surface area (Å²) in [6, 6.07) is 6.65. The van der Waals surface area contributed by atoms with Crippen molar-refractivity contribution in [2.45, 2.75) is 44.7 Å². The van der Waals surface area contributed by atoms with Gasteiger partial charge in [-0.15, -0.1) is 0 Å². The molecule has 1 saturated heterocycles. The topological polar surface area (TPSA) is 50.2 Å². The number of halogens is 3. The summed E-state index contributed by atoms with van der Waals surface area (Å²) in [6.07, 6.45) is 0.191. The van der Waals surface area contributed by atoms with Crippen LogP contribution in [0.25, 0.3) is 5.69 Å². The van der Waals surface area contributed by atoms with Crippen LogP contribution in [-0.4, -0.2) is 33.8 Å². The number of amides is 2. The third kappa shape index (κ3) is 3.52. The molecule has 1 N–H and O–H groups in total. The van der Waals surface area contributed by atoms with Crippen LogP contribution in [0.3, 0.4) is 0 Å². The van der Waals surface area contributed by atoms with Crippen LogP contribution in [0.2, 0.25) is 0 Å². The summed E-state index contributed by atoms with van der Waals surface area (Å²) in [7, 11) is 0. The number of urea groups is 1.